The molecule has 0 radical (unpaired) electrons. The molecule has 0 heterocycles. The second-order valence-corrected chi connectivity index (χ2v) is 3.69. The molecule has 2 aromatic rings. The van der Waals surface area contributed by atoms with Gasteiger partial charge in [-0.1, -0.05) is 36.4 Å². The molecule has 2 aromatic carbocycles. The zero-order valence-corrected chi connectivity index (χ0v) is 9.66. The highest BCUT2D eigenvalue weighted by Gasteiger charge is 2.18. The van der Waals surface area contributed by atoms with E-state index in [1.54, 1.807) is 18.2 Å². The zero-order chi connectivity index (χ0) is 13.1. The van der Waals surface area contributed by atoms with Gasteiger partial charge >= 0.3 is 12.2 Å². The van der Waals surface area contributed by atoms with E-state index in [0.717, 1.165) is 17.8 Å². The SMILES string of the molecule is CN(C(=O)O)C(=O)Oc1cccc2ccccc12. The molecule has 0 spiro atoms. The van der Waals surface area contributed by atoms with Crippen LogP contribution in [0.5, 0.6) is 5.75 Å². The van der Waals surface area contributed by atoms with Crippen molar-refractivity contribution in [3.05, 3.63) is 42.5 Å². The molecule has 0 fully saturated rings. The van der Waals surface area contributed by atoms with Crippen LogP contribution in [-0.4, -0.2) is 29.2 Å². The Kier molecular flexibility index (Phi) is 3.14. The van der Waals surface area contributed by atoms with Gasteiger partial charge in [0.15, 0.2) is 0 Å². The molecule has 2 rings (SSSR count). The molecule has 0 unspecified atom stereocenters. The highest BCUT2D eigenvalue weighted by atomic mass is 16.6. The van der Waals surface area contributed by atoms with Crippen molar-refractivity contribution in [3.63, 3.8) is 0 Å². The number of nitrogens with zero attached hydrogens (tertiary/aromatic N) is 1. The van der Waals surface area contributed by atoms with Gasteiger partial charge in [-0.25, -0.2) is 14.5 Å². The monoisotopic (exact) mass is 245 g/mol. The normalized spacial score (nSPS) is 10.1. The summed E-state index contributed by atoms with van der Waals surface area (Å²) in [5, 5.41) is 10.3. The van der Waals surface area contributed by atoms with Crippen molar-refractivity contribution < 1.29 is 19.4 Å². The number of amides is 2. The van der Waals surface area contributed by atoms with E-state index in [2.05, 4.69) is 0 Å². The lowest BCUT2D eigenvalue weighted by Gasteiger charge is -2.12. The van der Waals surface area contributed by atoms with Crippen LogP contribution in [0.1, 0.15) is 0 Å². The maximum absolute atomic E-state index is 11.5. The standard InChI is InChI=1S/C13H11NO4/c1-14(12(15)16)13(17)18-11-8-4-6-9-5-2-3-7-10(9)11/h2-8H,1H3,(H,15,16). The van der Waals surface area contributed by atoms with Crippen molar-refractivity contribution in [2.24, 2.45) is 0 Å². The van der Waals surface area contributed by atoms with Crippen LogP contribution in [0.3, 0.4) is 0 Å². The summed E-state index contributed by atoms with van der Waals surface area (Å²) in [4.78, 5) is 22.6. The van der Waals surface area contributed by atoms with Crippen LogP contribution in [0.25, 0.3) is 10.8 Å². The van der Waals surface area contributed by atoms with Crippen molar-refractivity contribution in [1.82, 2.24) is 4.90 Å². The van der Waals surface area contributed by atoms with Crippen LogP contribution in [0.2, 0.25) is 0 Å². The molecule has 5 heteroatoms. The van der Waals surface area contributed by atoms with Gasteiger partial charge in [0.2, 0.25) is 0 Å². The minimum atomic E-state index is -1.36. The van der Waals surface area contributed by atoms with Crippen LogP contribution in [0.4, 0.5) is 9.59 Å². The number of rotatable bonds is 1. The number of carbonyl (C=O) groups is 2. The second kappa shape index (κ2) is 4.75. The van der Waals surface area contributed by atoms with Crippen molar-refractivity contribution in [3.8, 4) is 5.75 Å². The van der Waals surface area contributed by atoms with Gasteiger partial charge in [0.1, 0.15) is 5.75 Å². The fourth-order valence-corrected chi connectivity index (χ4v) is 1.53. The number of carbonyl (C=O) groups excluding carboxylic acids is 1. The van der Waals surface area contributed by atoms with Crippen LogP contribution in [0.15, 0.2) is 42.5 Å². The molecule has 92 valence electrons. The van der Waals surface area contributed by atoms with E-state index in [0.29, 0.717) is 10.6 Å². The van der Waals surface area contributed by atoms with E-state index in [1.165, 1.54) is 0 Å². The van der Waals surface area contributed by atoms with Crippen molar-refractivity contribution >= 4 is 23.0 Å². The van der Waals surface area contributed by atoms with Crippen LogP contribution < -0.4 is 4.74 Å². The van der Waals surface area contributed by atoms with Gasteiger partial charge in [-0.15, -0.1) is 0 Å². The first-order valence-corrected chi connectivity index (χ1v) is 5.26. The van der Waals surface area contributed by atoms with E-state index >= 15 is 0 Å². The number of ether oxygens (including phenoxy) is 1. The largest absolute Gasteiger partial charge is 0.465 e. The Morgan fingerprint density at radius 3 is 2.50 bits per heavy atom. The van der Waals surface area contributed by atoms with Gasteiger partial charge in [0, 0.05) is 12.4 Å². The topological polar surface area (TPSA) is 66.8 Å². The molecule has 1 N–H and O–H groups in total. The Hall–Kier alpha value is -2.56. The minimum absolute atomic E-state index is 0.339. The molecule has 18 heavy (non-hydrogen) atoms. The van der Waals surface area contributed by atoms with E-state index in [4.69, 9.17) is 9.84 Å². The van der Waals surface area contributed by atoms with Crippen LogP contribution in [-0.2, 0) is 0 Å². The molecule has 2 amide bonds. The molecule has 0 saturated heterocycles. The smallest absolute Gasteiger partial charge is 0.424 e. The Labute approximate surface area is 103 Å². The number of fused-ring (bicyclic) bond motifs is 1. The summed E-state index contributed by atoms with van der Waals surface area (Å²) in [5.74, 6) is 0.339. The third-order valence-electron chi connectivity index (χ3n) is 2.51. The van der Waals surface area contributed by atoms with E-state index < -0.39 is 12.2 Å². The Morgan fingerprint density at radius 1 is 1.11 bits per heavy atom. The maximum Gasteiger partial charge on any atom is 0.424 e. The lowest BCUT2D eigenvalue weighted by atomic mass is 10.1. The first-order valence-electron chi connectivity index (χ1n) is 5.26. The van der Waals surface area contributed by atoms with Crippen LogP contribution >= 0.6 is 0 Å². The average Bonchev–Trinajstić information content (AvgIpc) is 2.38. The summed E-state index contributed by atoms with van der Waals surface area (Å²) in [6.45, 7) is 0. The molecule has 0 atom stereocenters. The number of carboxylic acid groups (broad SMARTS) is 1. The van der Waals surface area contributed by atoms with Gasteiger partial charge in [-0.3, -0.25) is 0 Å². The van der Waals surface area contributed by atoms with Crippen molar-refractivity contribution in [2.75, 3.05) is 7.05 Å². The predicted molar refractivity (Wildman–Crippen MR) is 65.8 cm³/mol. The molecule has 0 saturated carbocycles. The quantitative estimate of drug-likeness (QED) is 0.838. The fourth-order valence-electron chi connectivity index (χ4n) is 1.53. The van der Waals surface area contributed by atoms with E-state index in [1.807, 2.05) is 24.3 Å². The number of benzene rings is 2. The van der Waals surface area contributed by atoms with Gasteiger partial charge in [-0.05, 0) is 11.5 Å². The second-order valence-electron chi connectivity index (χ2n) is 3.69. The molecule has 0 aliphatic carbocycles. The molecule has 0 aliphatic rings. The first-order chi connectivity index (χ1) is 8.59. The van der Waals surface area contributed by atoms with Gasteiger partial charge in [0.25, 0.3) is 0 Å². The summed E-state index contributed by atoms with van der Waals surface area (Å²) in [6, 6.07) is 12.6. The third-order valence-corrected chi connectivity index (χ3v) is 2.51. The Morgan fingerprint density at radius 2 is 1.78 bits per heavy atom. The summed E-state index contributed by atoms with van der Waals surface area (Å²) in [5.41, 5.74) is 0. The first kappa shape index (κ1) is 11.9. The highest BCUT2D eigenvalue weighted by Crippen LogP contribution is 2.25. The minimum Gasteiger partial charge on any atom is -0.465 e. The Bertz CT molecular complexity index is 603. The zero-order valence-electron chi connectivity index (χ0n) is 9.66. The molecule has 0 aromatic heterocycles. The maximum atomic E-state index is 11.5. The van der Waals surface area contributed by atoms with Crippen molar-refractivity contribution in [2.45, 2.75) is 0 Å². The van der Waals surface area contributed by atoms with Crippen molar-refractivity contribution in [1.29, 1.82) is 0 Å². The summed E-state index contributed by atoms with van der Waals surface area (Å²) in [6.07, 6.45) is -2.29. The average molecular weight is 245 g/mol. The third kappa shape index (κ3) is 2.24. The van der Waals surface area contributed by atoms with E-state index in [-0.39, 0.29) is 0 Å². The molecule has 0 aliphatic heterocycles. The molecular weight excluding hydrogens is 234 g/mol. The fraction of sp³-hybridized carbons (Fsp3) is 0.0769. The van der Waals surface area contributed by atoms with Gasteiger partial charge < -0.3 is 9.84 Å². The predicted octanol–water partition coefficient (Wildman–Crippen LogP) is 2.95. The molecule has 5 nitrogen and oxygen atoms in total. The lowest BCUT2D eigenvalue weighted by molar-refractivity contribution is 0.136. The highest BCUT2D eigenvalue weighted by molar-refractivity contribution is 5.92. The van der Waals surface area contributed by atoms with E-state index in [9.17, 15) is 9.59 Å². The summed E-state index contributed by atoms with van der Waals surface area (Å²) < 4.78 is 5.06. The lowest BCUT2D eigenvalue weighted by Crippen LogP contribution is -2.34. The molecule has 0 bridgehead atoms. The van der Waals surface area contributed by atoms with Gasteiger partial charge in [0.05, 0.1) is 0 Å². The Balaban J connectivity index is 2.32. The number of hydrogen-bond donors (Lipinski definition) is 1. The molecular formula is C13H11NO4. The number of hydrogen-bond acceptors (Lipinski definition) is 3. The van der Waals surface area contributed by atoms with Crippen LogP contribution in [0, 0.1) is 0 Å². The number of imide groups is 1. The summed E-state index contributed by atoms with van der Waals surface area (Å²) >= 11 is 0. The van der Waals surface area contributed by atoms with Gasteiger partial charge in [-0.2, -0.15) is 0 Å². The summed E-state index contributed by atoms with van der Waals surface area (Å²) in [7, 11) is 1.13.